The Morgan fingerprint density at radius 3 is 2.15 bits per heavy atom. The van der Waals surface area contributed by atoms with Gasteiger partial charge in [-0.2, -0.15) is 0 Å². The molecule has 2 rings (SSSR count). The topological polar surface area (TPSA) is 109 Å². The van der Waals surface area contributed by atoms with Gasteiger partial charge in [0.1, 0.15) is 5.82 Å². The number of carbonyl (C=O) groups excluding carboxylic acids is 1. The highest BCUT2D eigenvalue weighted by molar-refractivity contribution is 5.71. The van der Waals surface area contributed by atoms with E-state index < -0.39 is 0 Å². The molecular weight excluding hydrogens is 330 g/mol. The van der Waals surface area contributed by atoms with Gasteiger partial charge in [-0.1, -0.05) is 26.8 Å². The van der Waals surface area contributed by atoms with Crippen LogP contribution in [0.3, 0.4) is 0 Å². The average molecular weight is 357 g/mol. The predicted molar refractivity (Wildman–Crippen MR) is 104 cm³/mol. The van der Waals surface area contributed by atoms with Gasteiger partial charge in [0, 0.05) is 11.6 Å². The lowest BCUT2D eigenvalue weighted by Crippen LogP contribution is -2.24. The summed E-state index contributed by atoms with van der Waals surface area (Å²) in [5, 5.41) is 0. The van der Waals surface area contributed by atoms with Crippen molar-refractivity contribution in [3.8, 4) is 0 Å². The van der Waals surface area contributed by atoms with E-state index in [1.807, 2.05) is 0 Å². The second kappa shape index (κ2) is 8.17. The Morgan fingerprint density at radius 1 is 1.00 bits per heavy atom. The van der Waals surface area contributed by atoms with Crippen LogP contribution < -0.4 is 16.9 Å². The molecule has 0 amide bonds. The van der Waals surface area contributed by atoms with E-state index in [1.54, 1.807) is 18.2 Å². The number of hydrogen-bond acceptors (Lipinski definition) is 4. The number of nitrogens with two attached hydrogens (primary N) is 1. The average Bonchev–Trinajstić information content (AvgIpc) is 2.56. The van der Waals surface area contributed by atoms with Crippen LogP contribution in [0.25, 0.3) is 0 Å². The number of carbonyl (C=O) groups is 1. The number of aldehydes is 1. The summed E-state index contributed by atoms with van der Waals surface area (Å²) in [6.07, 6.45) is 3.82. The fourth-order valence-electron chi connectivity index (χ4n) is 3.19. The zero-order chi connectivity index (χ0) is 19.3. The fraction of sp³-hybridized carbons (Fsp3) is 0.450. The van der Waals surface area contributed by atoms with Gasteiger partial charge in [0.05, 0.1) is 5.69 Å². The molecule has 26 heavy (non-hydrogen) atoms. The molecule has 4 N–H and O–H groups in total. The number of aromatic nitrogens is 2. The molecule has 2 heterocycles. The van der Waals surface area contributed by atoms with Crippen molar-refractivity contribution in [1.82, 2.24) is 9.97 Å². The van der Waals surface area contributed by atoms with Gasteiger partial charge in [-0.15, -0.1) is 0 Å². The van der Waals surface area contributed by atoms with E-state index in [-0.39, 0.29) is 16.5 Å². The number of pyridine rings is 2. The van der Waals surface area contributed by atoms with Crippen molar-refractivity contribution in [3.63, 3.8) is 0 Å². The first-order valence-electron chi connectivity index (χ1n) is 8.85. The van der Waals surface area contributed by atoms with Crippen molar-refractivity contribution in [2.75, 3.05) is 5.73 Å². The molecule has 0 spiro atoms. The van der Waals surface area contributed by atoms with E-state index >= 15 is 0 Å². The monoisotopic (exact) mass is 357 g/mol. The molecule has 0 aromatic carbocycles. The number of nitrogens with one attached hydrogen (secondary N) is 2. The van der Waals surface area contributed by atoms with Gasteiger partial charge >= 0.3 is 0 Å². The van der Waals surface area contributed by atoms with Crippen LogP contribution in [-0.4, -0.2) is 16.3 Å². The molecule has 1 unspecified atom stereocenters. The molecule has 1 atom stereocenters. The first kappa shape index (κ1) is 19.7. The van der Waals surface area contributed by atoms with Crippen LogP contribution in [0.4, 0.5) is 5.82 Å². The summed E-state index contributed by atoms with van der Waals surface area (Å²) in [4.78, 5) is 39.3. The van der Waals surface area contributed by atoms with Gasteiger partial charge in [0.15, 0.2) is 6.29 Å². The van der Waals surface area contributed by atoms with Gasteiger partial charge in [0.25, 0.3) is 5.56 Å². The van der Waals surface area contributed by atoms with Crippen LogP contribution in [0.2, 0.25) is 0 Å². The lowest BCUT2D eigenvalue weighted by atomic mass is 9.74. The first-order valence-corrected chi connectivity index (χ1v) is 8.85. The van der Waals surface area contributed by atoms with Crippen LogP contribution in [-0.2, 0) is 12.8 Å². The Balaban J connectivity index is 2.07. The zero-order valence-corrected chi connectivity index (χ0v) is 15.6. The molecule has 0 radical (unpaired) electrons. The van der Waals surface area contributed by atoms with E-state index in [4.69, 9.17) is 5.73 Å². The third-order valence-electron chi connectivity index (χ3n) is 4.93. The second-order valence-electron chi connectivity index (χ2n) is 7.79. The van der Waals surface area contributed by atoms with Crippen molar-refractivity contribution >= 4 is 12.1 Å². The van der Waals surface area contributed by atoms with E-state index in [1.165, 1.54) is 6.07 Å². The SMILES string of the molecule is CC(C)(C)C(CCc1ccc(=O)[nH]c1N)CCc1ccc(C=O)[nH]c1=O. The van der Waals surface area contributed by atoms with Crippen molar-refractivity contribution in [1.29, 1.82) is 0 Å². The number of aryl methyl sites for hydroxylation is 2. The maximum atomic E-state index is 12.1. The first-order chi connectivity index (χ1) is 12.2. The van der Waals surface area contributed by atoms with Crippen molar-refractivity contribution in [2.24, 2.45) is 11.3 Å². The summed E-state index contributed by atoms with van der Waals surface area (Å²) < 4.78 is 0. The highest BCUT2D eigenvalue weighted by Gasteiger charge is 2.24. The van der Waals surface area contributed by atoms with Gasteiger partial charge in [-0.25, -0.2) is 0 Å². The Labute approximate surface area is 152 Å². The van der Waals surface area contributed by atoms with Gasteiger partial charge in [0.2, 0.25) is 5.56 Å². The summed E-state index contributed by atoms with van der Waals surface area (Å²) in [5.41, 5.74) is 7.49. The van der Waals surface area contributed by atoms with Crippen molar-refractivity contribution in [2.45, 2.75) is 46.5 Å². The Morgan fingerprint density at radius 2 is 1.62 bits per heavy atom. The smallest absolute Gasteiger partial charge is 0.251 e. The van der Waals surface area contributed by atoms with Crippen LogP contribution >= 0.6 is 0 Å². The number of aromatic amines is 2. The maximum absolute atomic E-state index is 12.1. The van der Waals surface area contributed by atoms with Crippen LogP contribution in [0.1, 0.15) is 55.2 Å². The number of rotatable bonds is 7. The lowest BCUT2D eigenvalue weighted by molar-refractivity contribution is 0.111. The quantitative estimate of drug-likeness (QED) is 0.662. The molecule has 0 bridgehead atoms. The Hall–Kier alpha value is -2.63. The number of H-pyrrole nitrogens is 2. The molecular formula is C20H27N3O3. The van der Waals surface area contributed by atoms with Crippen LogP contribution in [0.5, 0.6) is 0 Å². The lowest BCUT2D eigenvalue weighted by Gasteiger charge is -2.31. The van der Waals surface area contributed by atoms with Crippen LogP contribution in [0, 0.1) is 11.3 Å². The molecule has 140 valence electrons. The molecule has 0 fully saturated rings. The van der Waals surface area contributed by atoms with Gasteiger partial charge in [-0.3, -0.25) is 14.4 Å². The third kappa shape index (κ3) is 5.18. The van der Waals surface area contributed by atoms with Gasteiger partial charge in [-0.05, 0) is 54.7 Å². The van der Waals surface area contributed by atoms with E-state index in [2.05, 4.69) is 30.7 Å². The molecule has 2 aromatic heterocycles. The Kier molecular flexibility index (Phi) is 6.18. The molecule has 2 aromatic rings. The minimum atomic E-state index is -0.202. The summed E-state index contributed by atoms with van der Waals surface area (Å²) in [5.74, 6) is 0.796. The summed E-state index contributed by atoms with van der Waals surface area (Å²) >= 11 is 0. The van der Waals surface area contributed by atoms with Crippen molar-refractivity contribution < 1.29 is 4.79 Å². The molecule has 6 heteroatoms. The summed E-state index contributed by atoms with van der Waals surface area (Å²) in [7, 11) is 0. The van der Waals surface area contributed by atoms with E-state index in [0.717, 1.165) is 24.8 Å². The molecule has 6 nitrogen and oxygen atoms in total. The highest BCUT2D eigenvalue weighted by atomic mass is 16.1. The molecule has 0 saturated carbocycles. The summed E-state index contributed by atoms with van der Waals surface area (Å²) in [6.45, 7) is 6.56. The standard InChI is InChI=1S/C20H27N3O3/c1-20(2,3)15(8-4-13-7-11-17(25)23-18(13)21)9-5-14-6-10-16(12-24)22-19(14)26/h6-7,10-12,15H,4-5,8-9H2,1-3H3,(H,22,26)(H3,21,23,25). The predicted octanol–water partition coefficient (Wildman–Crippen LogP) is 2.69. The molecule has 0 saturated heterocycles. The Bertz CT molecular complexity index is 875. The minimum absolute atomic E-state index is 0.0758. The van der Waals surface area contributed by atoms with Crippen LogP contribution in [0.15, 0.2) is 33.9 Å². The second-order valence-corrected chi connectivity index (χ2v) is 7.79. The number of nitrogen functional groups attached to an aromatic ring is 1. The van der Waals surface area contributed by atoms with E-state index in [9.17, 15) is 14.4 Å². The van der Waals surface area contributed by atoms with Gasteiger partial charge < -0.3 is 15.7 Å². The number of anilines is 1. The highest BCUT2D eigenvalue weighted by Crippen LogP contribution is 2.33. The van der Waals surface area contributed by atoms with Crippen molar-refractivity contribution in [3.05, 3.63) is 61.8 Å². The molecule has 0 aliphatic carbocycles. The fourth-order valence-corrected chi connectivity index (χ4v) is 3.19. The summed E-state index contributed by atoms with van der Waals surface area (Å²) in [6, 6.07) is 6.63. The molecule has 0 aliphatic rings. The largest absolute Gasteiger partial charge is 0.385 e. The number of hydrogen-bond donors (Lipinski definition) is 3. The third-order valence-corrected chi connectivity index (χ3v) is 4.93. The normalized spacial score (nSPS) is 12.7. The minimum Gasteiger partial charge on any atom is -0.385 e. The molecule has 0 aliphatic heterocycles. The van der Waals surface area contributed by atoms with E-state index in [0.29, 0.717) is 35.7 Å². The maximum Gasteiger partial charge on any atom is 0.251 e. The zero-order valence-electron chi connectivity index (χ0n) is 15.6.